The van der Waals surface area contributed by atoms with E-state index < -0.39 is 21.9 Å². The van der Waals surface area contributed by atoms with Crippen molar-refractivity contribution in [2.45, 2.75) is 10.9 Å². The molecule has 2 rings (SSSR count). The van der Waals surface area contributed by atoms with Gasteiger partial charge in [0.25, 0.3) is 10.1 Å². The second-order valence-corrected chi connectivity index (χ2v) is 5.30. The minimum absolute atomic E-state index is 0.0801. The van der Waals surface area contributed by atoms with Crippen LogP contribution in [0.5, 0.6) is 0 Å². The van der Waals surface area contributed by atoms with Crippen LogP contribution in [-0.4, -0.2) is 27.4 Å². The minimum atomic E-state index is -3.88. The van der Waals surface area contributed by atoms with Crippen LogP contribution >= 0.6 is 0 Å². The van der Waals surface area contributed by atoms with Crippen LogP contribution in [0, 0.1) is 0 Å². The normalized spacial score (nSPS) is 18.5. The standard InChI is InChI=1S/C11H9N2O4S/c1-17-18(15,16)10-4-2-3-8-7(10)5-6-9(13-12)11(8)14/h2-6,9H,1H3/q-1. The van der Waals surface area contributed by atoms with E-state index in [0.29, 0.717) is 0 Å². The topological polar surface area (TPSA) is 95.1 Å². The summed E-state index contributed by atoms with van der Waals surface area (Å²) in [5, 5.41) is 2.92. The summed E-state index contributed by atoms with van der Waals surface area (Å²) in [5.41, 5.74) is 9.12. The van der Waals surface area contributed by atoms with Crippen molar-refractivity contribution in [2.24, 2.45) is 5.11 Å². The minimum Gasteiger partial charge on any atom is -0.711 e. The first-order valence-electron chi connectivity index (χ1n) is 5.01. The van der Waals surface area contributed by atoms with Gasteiger partial charge in [-0.3, -0.25) is 8.98 Å². The lowest BCUT2D eigenvalue weighted by Crippen LogP contribution is -2.21. The Morgan fingerprint density at radius 3 is 2.72 bits per heavy atom. The lowest BCUT2D eigenvalue weighted by atomic mass is 9.93. The Hall–Kier alpha value is -1.86. The molecule has 0 N–H and O–H groups in total. The molecule has 0 bridgehead atoms. The van der Waals surface area contributed by atoms with Crippen molar-refractivity contribution in [3.8, 4) is 0 Å². The second kappa shape index (κ2) is 4.43. The maximum Gasteiger partial charge on any atom is 0.297 e. The molecule has 18 heavy (non-hydrogen) atoms. The number of hydrogen-bond acceptors (Lipinski definition) is 5. The molecule has 0 spiro atoms. The number of Topliss-reactive ketones (excluding diaryl/α,β-unsaturated/α-hetero) is 1. The van der Waals surface area contributed by atoms with Crippen molar-refractivity contribution >= 4 is 22.0 Å². The summed E-state index contributed by atoms with van der Waals surface area (Å²) < 4.78 is 27.8. The molecule has 1 unspecified atom stereocenters. The fourth-order valence-corrected chi connectivity index (χ4v) is 2.64. The van der Waals surface area contributed by atoms with Crippen LogP contribution in [-0.2, 0) is 14.3 Å². The van der Waals surface area contributed by atoms with Gasteiger partial charge in [-0.25, -0.2) is 0 Å². The molecule has 0 saturated heterocycles. The number of carbonyl (C=O) groups excluding carboxylic acids is 1. The Morgan fingerprint density at radius 1 is 1.39 bits per heavy atom. The van der Waals surface area contributed by atoms with E-state index in [1.807, 2.05) is 0 Å². The average Bonchev–Trinajstić information content (AvgIpc) is 2.39. The van der Waals surface area contributed by atoms with Gasteiger partial charge in [0, 0.05) is 11.1 Å². The molecule has 1 atom stereocenters. The van der Waals surface area contributed by atoms with E-state index in [-0.39, 0.29) is 16.0 Å². The fraction of sp³-hybridized carbons (Fsp3) is 0.182. The van der Waals surface area contributed by atoms with Crippen molar-refractivity contribution in [1.29, 1.82) is 0 Å². The molecule has 94 valence electrons. The molecule has 0 aliphatic heterocycles. The first kappa shape index (κ1) is 12.6. The van der Waals surface area contributed by atoms with Gasteiger partial charge < -0.3 is 10.6 Å². The van der Waals surface area contributed by atoms with Crippen LogP contribution in [0.1, 0.15) is 15.9 Å². The summed E-state index contributed by atoms with van der Waals surface area (Å²) in [4.78, 5) is 11.8. The van der Waals surface area contributed by atoms with Crippen LogP contribution in [0.15, 0.2) is 34.3 Å². The van der Waals surface area contributed by atoms with Gasteiger partial charge in [0.05, 0.1) is 7.11 Å². The number of carbonyl (C=O) groups is 1. The molecule has 0 radical (unpaired) electrons. The maximum atomic E-state index is 11.9. The highest BCUT2D eigenvalue weighted by Gasteiger charge is 2.26. The maximum absolute atomic E-state index is 11.9. The van der Waals surface area contributed by atoms with Gasteiger partial charge in [-0.2, -0.15) is 8.42 Å². The van der Waals surface area contributed by atoms with Crippen molar-refractivity contribution in [1.82, 2.24) is 0 Å². The van der Waals surface area contributed by atoms with E-state index in [9.17, 15) is 13.2 Å². The second-order valence-electron chi connectivity index (χ2n) is 3.62. The summed E-state index contributed by atoms with van der Waals surface area (Å²) in [6.07, 6.45) is 2.77. The number of nitrogens with zero attached hydrogens (tertiary/aromatic N) is 2. The van der Waals surface area contributed by atoms with E-state index in [4.69, 9.17) is 5.53 Å². The van der Waals surface area contributed by atoms with E-state index in [0.717, 1.165) is 7.11 Å². The quantitative estimate of drug-likeness (QED) is 0.612. The van der Waals surface area contributed by atoms with Crippen LogP contribution in [0.4, 0.5) is 0 Å². The number of ketones is 1. The van der Waals surface area contributed by atoms with Gasteiger partial charge in [-0.05, 0) is 6.07 Å². The molecule has 7 heteroatoms. The highest BCUT2D eigenvalue weighted by molar-refractivity contribution is 7.86. The first-order valence-corrected chi connectivity index (χ1v) is 6.42. The van der Waals surface area contributed by atoms with E-state index >= 15 is 0 Å². The van der Waals surface area contributed by atoms with Crippen LogP contribution in [0.25, 0.3) is 11.6 Å². The summed E-state index contributed by atoms with van der Waals surface area (Å²) in [5.74, 6) is -0.455. The molecule has 0 amide bonds. The predicted octanol–water partition coefficient (Wildman–Crippen LogP) is 1.62. The third kappa shape index (κ3) is 1.87. The van der Waals surface area contributed by atoms with Crippen molar-refractivity contribution in [2.75, 3.05) is 7.11 Å². The molecule has 1 aliphatic carbocycles. The Kier molecular flexibility index (Phi) is 3.10. The van der Waals surface area contributed by atoms with Crippen molar-refractivity contribution in [3.63, 3.8) is 0 Å². The molecular weight excluding hydrogens is 256 g/mol. The summed E-state index contributed by atoms with van der Waals surface area (Å²) >= 11 is 0. The van der Waals surface area contributed by atoms with Crippen molar-refractivity contribution in [3.05, 3.63) is 40.9 Å². The van der Waals surface area contributed by atoms with E-state index in [1.165, 1.54) is 30.4 Å². The van der Waals surface area contributed by atoms with Crippen LogP contribution < -0.4 is 0 Å². The summed E-state index contributed by atoms with van der Waals surface area (Å²) in [6, 6.07) is 3.29. The molecule has 1 aromatic carbocycles. The third-order valence-corrected chi connectivity index (χ3v) is 3.99. The SMILES string of the molecule is COS(=O)(=O)c1cccc2c1C=CC(N=[N-])C2=O. The summed E-state index contributed by atoms with van der Waals surface area (Å²) in [7, 11) is -2.83. The van der Waals surface area contributed by atoms with Gasteiger partial charge in [0.15, 0.2) is 5.78 Å². The van der Waals surface area contributed by atoms with E-state index in [1.54, 1.807) is 0 Å². The number of benzene rings is 1. The monoisotopic (exact) mass is 265 g/mol. The largest absolute Gasteiger partial charge is 0.711 e. The first-order chi connectivity index (χ1) is 8.51. The average molecular weight is 265 g/mol. The smallest absolute Gasteiger partial charge is 0.297 e. The predicted molar refractivity (Wildman–Crippen MR) is 63.6 cm³/mol. The molecule has 0 aromatic heterocycles. The zero-order chi connectivity index (χ0) is 13.3. The van der Waals surface area contributed by atoms with Crippen molar-refractivity contribution < 1.29 is 17.4 Å². The molecule has 6 nitrogen and oxygen atoms in total. The van der Waals surface area contributed by atoms with Gasteiger partial charge in [-0.15, -0.1) is 0 Å². The lowest BCUT2D eigenvalue weighted by Gasteiger charge is -2.18. The van der Waals surface area contributed by atoms with Gasteiger partial charge in [-0.1, -0.05) is 24.3 Å². The molecule has 1 aromatic rings. The molecule has 0 saturated carbocycles. The van der Waals surface area contributed by atoms with Crippen LogP contribution in [0.2, 0.25) is 0 Å². The zero-order valence-corrected chi connectivity index (χ0v) is 10.2. The Labute approximate surface area is 104 Å². The molecule has 0 heterocycles. The fourth-order valence-electron chi connectivity index (χ4n) is 1.76. The Morgan fingerprint density at radius 2 is 2.11 bits per heavy atom. The van der Waals surface area contributed by atoms with Gasteiger partial charge in [0.1, 0.15) is 10.9 Å². The lowest BCUT2D eigenvalue weighted by molar-refractivity contribution is 0.0976. The molecule has 0 fully saturated rings. The number of rotatable bonds is 3. The van der Waals surface area contributed by atoms with E-state index in [2.05, 4.69) is 9.30 Å². The number of hydrogen-bond donors (Lipinski definition) is 0. The van der Waals surface area contributed by atoms with Gasteiger partial charge >= 0.3 is 0 Å². The van der Waals surface area contributed by atoms with Crippen LogP contribution in [0.3, 0.4) is 0 Å². The highest BCUT2D eigenvalue weighted by Crippen LogP contribution is 2.28. The molecular formula is C11H9N2O4S-. The highest BCUT2D eigenvalue weighted by atomic mass is 32.2. The zero-order valence-electron chi connectivity index (χ0n) is 9.40. The summed E-state index contributed by atoms with van der Waals surface area (Å²) in [6.45, 7) is 0. The number of fused-ring (bicyclic) bond motifs is 1. The Balaban J connectivity index is 2.68. The third-order valence-electron chi connectivity index (χ3n) is 2.66. The molecule has 1 aliphatic rings. The van der Waals surface area contributed by atoms with Gasteiger partial charge in [0.2, 0.25) is 0 Å². The Bertz CT molecular complexity index is 649.